The topological polar surface area (TPSA) is 76.2 Å². The molecule has 1 saturated heterocycles. The number of hydrogen-bond donors (Lipinski definition) is 0. The van der Waals surface area contributed by atoms with Gasteiger partial charge in [0.05, 0.1) is 20.6 Å². The predicted molar refractivity (Wildman–Crippen MR) is 96.1 cm³/mol. The van der Waals surface area contributed by atoms with E-state index in [4.69, 9.17) is 4.74 Å². The first-order chi connectivity index (χ1) is 12.5. The van der Waals surface area contributed by atoms with E-state index in [9.17, 15) is 14.4 Å². The molecule has 0 N–H and O–H groups in total. The quantitative estimate of drug-likeness (QED) is 0.717. The van der Waals surface area contributed by atoms with Crippen LogP contribution >= 0.6 is 0 Å². The van der Waals surface area contributed by atoms with Crippen LogP contribution in [0.15, 0.2) is 18.2 Å². The fourth-order valence-electron chi connectivity index (χ4n) is 3.00. The summed E-state index contributed by atoms with van der Waals surface area (Å²) in [4.78, 5) is 39.4. The van der Waals surface area contributed by atoms with Crippen molar-refractivity contribution in [1.29, 1.82) is 0 Å². The highest BCUT2D eigenvalue weighted by Gasteiger charge is 2.25. The second-order valence-electron chi connectivity index (χ2n) is 6.13. The van der Waals surface area contributed by atoms with Crippen LogP contribution in [0.4, 0.5) is 0 Å². The Kier molecular flexibility index (Phi) is 7.00. The number of nitrogens with zero attached hydrogens (tertiary/aromatic N) is 2. The summed E-state index contributed by atoms with van der Waals surface area (Å²) in [5.41, 5.74) is 1.63. The third-order valence-electron chi connectivity index (χ3n) is 4.60. The minimum absolute atomic E-state index is 0.0380. The van der Waals surface area contributed by atoms with Gasteiger partial charge in [-0.05, 0) is 30.2 Å². The second kappa shape index (κ2) is 9.22. The fraction of sp³-hybridized carbons (Fsp3) is 0.526. The monoisotopic (exact) mass is 362 g/mol. The van der Waals surface area contributed by atoms with Crippen LogP contribution in [0.2, 0.25) is 0 Å². The number of carbonyl (C=O) groups is 3. The molecule has 0 unspecified atom stereocenters. The zero-order valence-electron chi connectivity index (χ0n) is 15.6. The van der Waals surface area contributed by atoms with Gasteiger partial charge in [-0.3, -0.25) is 14.4 Å². The number of hydrogen-bond acceptors (Lipinski definition) is 5. The SMILES string of the molecule is CCc1cc(C(=O)N2CCN(C(=O)CCC(=O)OC)CC2)ccc1OC. The first-order valence-corrected chi connectivity index (χ1v) is 8.81. The number of esters is 1. The molecule has 1 aromatic rings. The van der Waals surface area contributed by atoms with Crippen molar-refractivity contribution in [3.05, 3.63) is 29.3 Å². The maximum Gasteiger partial charge on any atom is 0.306 e. The molecule has 1 heterocycles. The van der Waals surface area contributed by atoms with Gasteiger partial charge in [0.25, 0.3) is 5.91 Å². The standard InChI is InChI=1S/C19H26N2O5/c1-4-14-13-15(5-6-16(14)25-2)19(24)21-11-9-20(10-12-21)17(22)7-8-18(23)26-3/h5-6,13H,4,7-12H2,1-3H3. The molecule has 1 aromatic carbocycles. The van der Waals surface area contributed by atoms with Gasteiger partial charge in [0.1, 0.15) is 5.75 Å². The smallest absolute Gasteiger partial charge is 0.306 e. The van der Waals surface area contributed by atoms with Gasteiger partial charge in [-0.2, -0.15) is 0 Å². The van der Waals surface area contributed by atoms with E-state index in [1.807, 2.05) is 19.1 Å². The Hall–Kier alpha value is -2.57. The molecule has 7 heteroatoms. The van der Waals surface area contributed by atoms with Crippen molar-refractivity contribution in [1.82, 2.24) is 9.80 Å². The Bertz CT molecular complexity index is 666. The van der Waals surface area contributed by atoms with Crippen molar-refractivity contribution in [3.63, 3.8) is 0 Å². The Morgan fingerprint density at radius 2 is 1.65 bits per heavy atom. The van der Waals surface area contributed by atoms with E-state index in [1.165, 1.54) is 7.11 Å². The highest BCUT2D eigenvalue weighted by atomic mass is 16.5. The van der Waals surface area contributed by atoms with Gasteiger partial charge in [0.2, 0.25) is 5.91 Å². The molecule has 1 fully saturated rings. The summed E-state index contributed by atoms with van der Waals surface area (Å²) in [6.07, 6.45) is 1.01. The Labute approximate surface area is 153 Å². The lowest BCUT2D eigenvalue weighted by Gasteiger charge is -2.35. The average molecular weight is 362 g/mol. The largest absolute Gasteiger partial charge is 0.496 e. The van der Waals surface area contributed by atoms with E-state index in [0.717, 1.165) is 17.7 Å². The molecule has 0 aromatic heterocycles. The van der Waals surface area contributed by atoms with Gasteiger partial charge in [-0.1, -0.05) is 6.92 Å². The molecule has 0 spiro atoms. The molecule has 0 aliphatic carbocycles. The summed E-state index contributed by atoms with van der Waals surface area (Å²) in [6.45, 7) is 3.93. The lowest BCUT2D eigenvalue weighted by atomic mass is 10.1. The van der Waals surface area contributed by atoms with Gasteiger partial charge in [0.15, 0.2) is 0 Å². The average Bonchev–Trinajstić information content (AvgIpc) is 2.70. The van der Waals surface area contributed by atoms with Crippen LogP contribution < -0.4 is 4.74 Å². The molecule has 142 valence electrons. The van der Waals surface area contributed by atoms with E-state index in [-0.39, 0.29) is 24.7 Å². The summed E-state index contributed by atoms with van der Waals surface area (Å²) in [5.74, 6) is 0.271. The predicted octanol–water partition coefficient (Wildman–Crippen LogP) is 1.50. The van der Waals surface area contributed by atoms with Crippen LogP contribution in [-0.4, -0.2) is 68.0 Å². The lowest BCUT2D eigenvalue weighted by molar-refractivity contribution is -0.143. The van der Waals surface area contributed by atoms with Crippen molar-refractivity contribution >= 4 is 17.8 Å². The van der Waals surface area contributed by atoms with E-state index >= 15 is 0 Å². The zero-order chi connectivity index (χ0) is 19.1. The van der Waals surface area contributed by atoms with Crippen LogP contribution in [0.5, 0.6) is 5.75 Å². The lowest BCUT2D eigenvalue weighted by Crippen LogP contribution is -2.50. The summed E-state index contributed by atoms with van der Waals surface area (Å²) in [7, 11) is 2.92. The Balaban J connectivity index is 1.92. The number of aryl methyl sites for hydroxylation is 1. The van der Waals surface area contributed by atoms with Gasteiger partial charge in [0, 0.05) is 38.2 Å². The third-order valence-corrected chi connectivity index (χ3v) is 4.60. The van der Waals surface area contributed by atoms with Crippen LogP contribution in [0.25, 0.3) is 0 Å². The molecule has 1 aliphatic rings. The molecular formula is C19H26N2O5. The van der Waals surface area contributed by atoms with Crippen molar-refractivity contribution < 1.29 is 23.9 Å². The molecule has 0 atom stereocenters. The van der Waals surface area contributed by atoms with Crippen molar-refractivity contribution in [2.45, 2.75) is 26.2 Å². The number of piperazine rings is 1. The number of rotatable bonds is 6. The molecule has 0 bridgehead atoms. The zero-order valence-corrected chi connectivity index (χ0v) is 15.6. The van der Waals surface area contributed by atoms with E-state index in [0.29, 0.717) is 31.7 Å². The molecule has 0 saturated carbocycles. The molecule has 2 rings (SSSR count). The second-order valence-corrected chi connectivity index (χ2v) is 6.13. The summed E-state index contributed by atoms with van der Waals surface area (Å²) in [5, 5.41) is 0. The molecule has 0 radical (unpaired) electrons. The third kappa shape index (κ3) is 4.74. The first kappa shape index (κ1) is 19.8. The molecular weight excluding hydrogens is 336 g/mol. The fourth-order valence-corrected chi connectivity index (χ4v) is 3.00. The van der Waals surface area contributed by atoms with Gasteiger partial charge >= 0.3 is 5.97 Å². The van der Waals surface area contributed by atoms with Gasteiger partial charge in [-0.15, -0.1) is 0 Å². The van der Waals surface area contributed by atoms with Gasteiger partial charge in [-0.25, -0.2) is 0 Å². The number of carbonyl (C=O) groups excluding carboxylic acids is 3. The van der Waals surface area contributed by atoms with Crippen LogP contribution in [0, 0.1) is 0 Å². The molecule has 1 aliphatic heterocycles. The van der Waals surface area contributed by atoms with Crippen molar-refractivity contribution in [2.75, 3.05) is 40.4 Å². The maximum absolute atomic E-state index is 12.7. The number of benzene rings is 1. The first-order valence-electron chi connectivity index (χ1n) is 8.81. The summed E-state index contributed by atoms with van der Waals surface area (Å²) >= 11 is 0. The van der Waals surface area contributed by atoms with Crippen LogP contribution in [0.1, 0.15) is 35.7 Å². The highest BCUT2D eigenvalue weighted by molar-refractivity contribution is 5.95. The van der Waals surface area contributed by atoms with Crippen molar-refractivity contribution in [2.24, 2.45) is 0 Å². The highest BCUT2D eigenvalue weighted by Crippen LogP contribution is 2.21. The Morgan fingerprint density at radius 3 is 2.23 bits per heavy atom. The summed E-state index contributed by atoms with van der Waals surface area (Å²) < 4.78 is 9.85. The van der Waals surface area contributed by atoms with E-state index in [2.05, 4.69) is 4.74 Å². The Morgan fingerprint density at radius 1 is 1.00 bits per heavy atom. The van der Waals surface area contributed by atoms with Crippen molar-refractivity contribution in [3.8, 4) is 5.75 Å². The minimum Gasteiger partial charge on any atom is -0.496 e. The number of methoxy groups -OCH3 is 2. The number of ether oxygens (including phenoxy) is 2. The van der Waals surface area contributed by atoms with Gasteiger partial charge < -0.3 is 19.3 Å². The van der Waals surface area contributed by atoms with E-state index < -0.39 is 5.97 Å². The van der Waals surface area contributed by atoms with E-state index in [1.54, 1.807) is 23.0 Å². The molecule has 26 heavy (non-hydrogen) atoms. The minimum atomic E-state index is -0.390. The molecule has 7 nitrogen and oxygen atoms in total. The van der Waals surface area contributed by atoms with Crippen LogP contribution in [-0.2, 0) is 20.7 Å². The maximum atomic E-state index is 12.7. The van der Waals surface area contributed by atoms with Crippen LogP contribution in [0.3, 0.4) is 0 Å². The molecule has 2 amide bonds. The number of amides is 2. The summed E-state index contributed by atoms with van der Waals surface area (Å²) in [6, 6.07) is 5.46. The normalized spacial score (nSPS) is 14.1.